The second-order valence-corrected chi connectivity index (χ2v) is 6.37. The van der Waals surface area contributed by atoms with E-state index < -0.39 is 0 Å². The van der Waals surface area contributed by atoms with Gasteiger partial charge in [-0.05, 0) is 56.7 Å². The minimum absolute atomic E-state index is 0.00630. The monoisotopic (exact) mass is 334 g/mol. The highest BCUT2D eigenvalue weighted by Gasteiger charge is 2.26. The van der Waals surface area contributed by atoms with E-state index in [0.29, 0.717) is 25.8 Å². The average Bonchev–Trinajstić information content (AvgIpc) is 2.57. The van der Waals surface area contributed by atoms with E-state index in [9.17, 15) is 14.0 Å². The van der Waals surface area contributed by atoms with E-state index in [0.717, 1.165) is 37.8 Å². The van der Waals surface area contributed by atoms with Crippen LogP contribution in [0.15, 0.2) is 24.3 Å². The lowest BCUT2D eigenvalue weighted by Gasteiger charge is -2.36. The van der Waals surface area contributed by atoms with Gasteiger partial charge in [0.2, 0.25) is 11.8 Å². The fourth-order valence-electron chi connectivity index (χ4n) is 3.26. The van der Waals surface area contributed by atoms with Crippen LogP contribution >= 0.6 is 0 Å². The Bertz CT molecular complexity index is 545. The van der Waals surface area contributed by atoms with Gasteiger partial charge in [0.05, 0.1) is 0 Å². The maximum absolute atomic E-state index is 13.0. The van der Waals surface area contributed by atoms with Crippen LogP contribution in [0.25, 0.3) is 0 Å². The number of hydrogen-bond acceptors (Lipinski definition) is 2. The lowest BCUT2D eigenvalue weighted by molar-refractivity contribution is -0.135. The third-order valence-electron chi connectivity index (χ3n) is 4.50. The van der Waals surface area contributed by atoms with Crippen LogP contribution in [-0.4, -0.2) is 35.8 Å². The van der Waals surface area contributed by atoms with Crippen LogP contribution in [0.3, 0.4) is 0 Å². The molecular weight excluding hydrogens is 307 g/mol. The summed E-state index contributed by atoms with van der Waals surface area (Å²) in [7, 11) is 0. The molecule has 1 fully saturated rings. The van der Waals surface area contributed by atoms with Crippen molar-refractivity contribution in [1.29, 1.82) is 0 Å². The SMILES string of the molecule is CCNC(=O)CCCC(=O)N1CCCC[C@H]1Cc1ccc(F)cc1. The third kappa shape index (κ3) is 5.62. The number of carbonyl (C=O) groups is 2. The van der Waals surface area contributed by atoms with Crippen LogP contribution in [0.4, 0.5) is 4.39 Å². The first-order valence-corrected chi connectivity index (χ1v) is 8.90. The number of piperidine rings is 1. The molecule has 0 aliphatic carbocycles. The fourth-order valence-corrected chi connectivity index (χ4v) is 3.26. The first-order chi connectivity index (χ1) is 11.6. The van der Waals surface area contributed by atoms with Gasteiger partial charge in [0.25, 0.3) is 0 Å². The molecule has 132 valence electrons. The molecule has 5 heteroatoms. The summed E-state index contributed by atoms with van der Waals surface area (Å²) < 4.78 is 13.0. The Morgan fingerprint density at radius 2 is 1.96 bits per heavy atom. The summed E-state index contributed by atoms with van der Waals surface area (Å²) >= 11 is 0. The number of hydrogen-bond donors (Lipinski definition) is 1. The topological polar surface area (TPSA) is 49.4 Å². The first-order valence-electron chi connectivity index (χ1n) is 8.90. The van der Waals surface area contributed by atoms with Crippen LogP contribution in [0.2, 0.25) is 0 Å². The molecule has 0 unspecified atom stereocenters. The molecular formula is C19H27FN2O2. The van der Waals surface area contributed by atoms with E-state index in [1.807, 2.05) is 11.8 Å². The van der Waals surface area contributed by atoms with Crippen molar-refractivity contribution in [3.63, 3.8) is 0 Å². The maximum Gasteiger partial charge on any atom is 0.222 e. The second kappa shape index (κ2) is 9.40. The van der Waals surface area contributed by atoms with Gasteiger partial charge in [-0.15, -0.1) is 0 Å². The molecule has 4 nitrogen and oxygen atoms in total. The van der Waals surface area contributed by atoms with E-state index in [1.165, 1.54) is 12.1 Å². The van der Waals surface area contributed by atoms with E-state index in [1.54, 1.807) is 12.1 Å². The standard InChI is InChI=1S/C19H27FN2O2/c1-2-21-18(23)7-5-8-19(24)22-13-4-3-6-17(22)14-15-9-11-16(20)12-10-15/h9-12,17H,2-8,13-14H2,1H3,(H,21,23)/t17-/m0/s1. The molecule has 2 rings (SSSR count). The van der Waals surface area contributed by atoms with Gasteiger partial charge >= 0.3 is 0 Å². The Morgan fingerprint density at radius 1 is 1.21 bits per heavy atom. The molecule has 1 aromatic carbocycles. The highest BCUT2D eigenvalue weighted by Crippen LogP contribution is 2.22. The lowest BCUT2D eigenvalue weighted by Crippen LogP contribution is -2.44. The molecule has 1 aliphatic rings. The van der Waals surface area contributed by atoms with Crippen molar-refractivity contribution < 1.29 is 14.0 Å². The lowest BCUT2D eigenvalue weighted by atomic mass is 9.95. The summed E-state index contributed by atoms with van der Waals surface area (Å²) in [4.78, 5) is 26.0. The third-order valence-corrected chi connectivity index (χ3v) is 4.50. The molecule has 1 aromatic rings. The Morgan fingerprint density at radius 3 is 2.67 bits per heavy atom. The van der Waals surface area contributed by atoms with E-state index in [-0.39, 0.29) is 23.7 Å². The molecule has 0 spiro atoms. The molecule has 0 bridgehead atoms. The van der Waals surface area contributed by atoms with Gasteiger partial charge in [-0.1, -0.05) is 12.1 Å². The second-order valence-electron chi connectivity index (χ2n) is 6.37. The Hall–Kier alpha value is -1.91. The number of benzene rings is 1. The van der Waals surface area contributed by atoms with Gasteiger partial charge in [0, 0.05) is 32.0 Å². The average molecular weight is 334 g/mol. The van der Waals surface area contributed by atoms with Crippen molar-refractivity contribution in [2.45, 2.75) is 57.9 Å². The predicted molar refractivity (Wildman–Crippen MR) is 92.0 cm³/mol. The Kier molecular flexibility index (Phi) is 7.22. The van der Waals surface area contributed by atoms with Gasteiger partial charge in [-0.3, -0.25) is 9.59 Å². The quantitative estimate of drug-likeness (QED) is 0.833. The summed E-state index contributed by atoms with van der Waals surface area (Å²) in [6, 6.07) is 6.71. The summed E-state index contributed by atoms with van der Waals surface area (Å²) in [6.45, 7) is 3.29. The van der Waals surface area contributed by atoms with Gasteiger partial charge < -0.3 is 10.2 Å². The van der Waals surface area contributed by atoms with Gasteiger partial charge in [0.1, 0.15) is 5.82 Å². The number of halogens is 1. The van der Waals surface area contributed by atoms with Gasteiger partial charge in [0.15, 0.2) is 0 Å². The zero-order chi connectivity index (χ0) is 17.4. The molecule has 0 aromatic heterocycles. The number of amides is 2. The van der Waals surface area contributed by atoms with Crippen molar-refractivity contribution in [3.05, 3.63) is 35.6 Å². The number of carbonyl (C=O) groups excluding carboxylic acids is 2. The highest BCUT2D eigenvalue weighted by molar-refractivity contribution is 5.79. The molecule has 1 heterocycles. The Balaban J connectivity index is 1.87. The first kappa shape index (κ1) is 18.4. The van der Waals surface area contributed by atoms with Crippen molar-refractivity contribution in [2.75, 3.05) is 13.1 Å². The molecule has 1 saturated heterocycles. The van der Waals surface area contributed by atoms with Gasteiger partial charge in [-0.25, -0.2) is 4.39 Å². The summed E-state index contributed by atoms with van der Waals surface area (Å²) in [5.41, 5.74) is 1.06. The van der Waals surface area contributed by atoms with Crippen molar-refractivity contribution in [2.24, 2.45) is 0 Å². The molecule has 2 amide bonds. The largest absolute Gasteiger partial charge is 0.356 e. The molecule has 0 saturated carbocycles. The molecule has 1 aliphatic heterocycles. The summed E-state index contributed by atoms with van der Waals surface area (Å²) in [6.07, 6.45) is 5.30. The fraction of sp³-hybridized carbons (Fsp3) is 0.579. The number of likely N-dealkylation sites (tertiary alicyclic amines) is 1. The number of nitrogens with zero attached hydrogens (tertiary/aromatic N) is 1. The van der Waals surface area contributed by atoms with Crippen molar-refractivity contribution >= 4 is 11.8 Å². The minimum atomic E-state index is -0.235. The zero-order valence-corrected chi connectivity index (χ0v) is 14.4. The number of rotatable bonds is 7. The maximum atomic E-state index is 13.0. The molecule has 1 N–H and O–H groups in total. The molecule has 0 radical (unpaired) electrons. The normalized spacial score (nSPS) is 17.6. The van der Waals surface area contributed by atoms with E-state index in [2.05, 4.69) is 5.32 Å². The van der Waals surface area contributed by atoms with Crippen molar-refractivity contribution in [3.8, 4) is 0 Å². The summed E-state index contributed by atoms with van der Waals surface area (Å²) in [5, 5.41) is 2.75. The van der Waals surface area contributed by atoms with E-state index in [4.69, 9.17) is 0 Å². The summed E-state index contributed by atoms with van der Waals surface area (Å²) in [5.74, 6) is -0.0985. The molecule has 24 heavy (non-hydrogen) atoms. The van der Waals surface area contributed by atoms with E-state index >= 15 is 0 Å². The number of nitrogens with one attached hydrogen (secondary N) is 1. The highest BCUT2D eigenvalue weighted by atomic mass is 19.1. The zero-order valence-electron chi connectivity index (χ0n) is 14.4. The van der Waals surface area contributed by atoms with Crippen LogP contribution < -0.4 is 5.32 Å². The van der Waals surface area contributed by atoms with Crippen molar-refractivity contribution in [1.82, 2.24) is 10.2 Å². The van der Waals surface area contributed by atoms with Crippen LogP contribution in [0.1, 0.15) is 51.0 Å². The van der Waals surface area contributed by atoms with Crippen LogP contribution in [0.5, 0.6) is 0 Å². The Labute approximate surface area is 143 Å². The smallest absolute Gasteiger partial charge is 0.222 e. The predicted octanol–water partition coefficient (Wildman–Crippen LogP) is 3.06. The van der Waals surface area contributed by atoms with Crippen LogP contribution in [0, 0.1) is 5.82 Å². The van der Waals surface area contributed by atoms with Gasteiger partial charge in [-0.2, -0.15) is 0 Å². The minimum Gasteiger partial charge on any atom is -0.356 e. The molecule has 1 atom stereocenters. The van der Waals surface area contributed by atoms with Crippen LogP contribution in [-0.2, 0) is 16.0 Å².